The topological polar surface area (TPSA) is 90.8 Å². The van der Waals surface area contributed by atoms with Gasteiger partial charge in [0.15, 0.2) is 0 Å². The number of hydrogen-bond acceptors (Lipinski definition) is 4. The van der Waals surface area contributed by atoms with Gasteiger partial charge in [-0.25, -0.2) is 5.43 Å². The quantitative estimate of drug-likeness (QED) is 0.406. The Kier molecular flexibility index (Phi) is 6.49. The van der Waals surface area contributed by atoms with E-state index >= 15 is 0 Å². The third kappa shape index (κ3) is 5.34. The smallest absolute Gasteiger partial charge is 0.273 e. The fraction of sp³-hybridized carbons (Fsp3) is 0. The normalized spacial score (nSPS) is 10.7. The minimum absolute atomic E-state index is 0.136. The van der Waals surface area contributed by atoms with Crippen molar-refractivity contribution in [1.82, 2.24) is 5.43 Å². The molecule has 0 unspecified atom stereocenters. The largest absolute Gasteiger partial charge is 0.508 e. The Hall–Kier alpha value is -3.35. The molecule has 0 aliphatic heterocycles. The number of carbonyl (C=O) groups is 2. The summed E-state index contributed by atoms with van der Waals surface area (Å²) in [5, 5.41) is 16.5. The molecule has 3 N–H and O–H groups in total. The molecular weight excluding hydrogens is 413 g/mol. The summed E-state index contributed by atoms with van der Waals surface area (Å²) in [5.74, 6) is -0.839. The Bertz CT molecular complexity index is 1080. The maximum Gasteiger partial charge on any atom is 0.273 e. The lowest BCUT2D eigenvalue weighted by atomic mass is 10.1. The highest BCUT2D eigenvalue weighted by Gasteiger charge is 2.15. The Morgan fingerprint density at radius 3 is 2.34 bits per heavy atom. The van der Waals surface area contributed by atoms with Crippen molar-refractivity contribution in [2.75, 3.05) is 5.32 Å². The van der Waals surface area contributed by atoms with E-state index in [9.17, 15) is 14.7 Å². The van der Waals surface area contributed by atoms with E-state index in [1.807, 2.05) is 0 Å². The van der Waals surface area contributed by atoms with Gasteiger partial charge in [0.2, 0.25) is 0 Å². The SMILES string of the molecule is O=C(Nc1ccccc1C(=O)N/N=C\c1ccc(O)cc1)c1ccc(Cl)cc1Cl. The lowest BCUT2D eigenvalue weighted by Crippen LogP contribution is -2.21. The van der Waals surface area contributed by atoms with Crippen LogP contribution in [0.2, 0.25) is 10.0 Å². The van der Waals surface area contributed by atoms with Crippen LogP contribution in [0.1, 0.15) is 26.3 Å². The van der Waals surface area contributed by atoms with Crippen LogP contribution in [-0.2, 0) is 0 Å². The highest BCUT2D eigenvalue weighted by molar-refractivity contribution is 6.37. The number of nitrogens with one attached hydrogen (secondary N) is 2. The van der Waals surface area contributed by atoms with Gasteiger partial charge < -0.3 is 10.4 Å². The van der Waals surface area contributed by atoms with Crippen LogP contribution in [0.5, 0.6) is 5.75 Å². The van der Waals surface area contributed by atoms with Gasteiger partial charge in [-0.3, -0.25) is 9.59 Å². The fourth-order valence-corrected chi connectivity index (χ4v) is 2.93. The van der Waals surface area contributed by atoms with Crippen LogP contribution in [0.4, 0.5) is 5.69 Å². The third-order valence-corrected chi connectivity index (χ3v) is 4.42. The van der Waals surface area contributed by atoms with E-state index in [0.29, 0.717) is 16.3 Å². The second-order valence-corrected chi connectivity index (χ2v) is 6.76. The molecule has 146 valence electrons. The molecular formula is C21H15Cl2N3O3. The molecule has 0 bridgehead atoms. The number of carbonyl (C=O) groups excluding carboxylic acids is 2. The predicted molar refractivity (Wildman–Crippen MR) is 114 cm³/mol. The number of anilines is 1. The summed E-state index contributed by atoms with van der Waals surface area (Å²) in [7, 11) is 0. The van der Waals surface area contributed by atoms with Gasteiger partial charge in [0.05, 0.1) is 28.1 Å². The monoisotopic (exact) mass is 427 g/mol. The summed E-state index contributed by atoms with van der Waals surface area (Å²) < 4.78 is 0. The van der Waals surface area contributed by atoms with E-state index in [4.69, 9.17) is 23.2 Å². The van der Waals surface area contributed by atoms with Crippen LogP contribution in [0, 0.1) is 0 Å². The zero-order valence-electron chi connectivity index (χ0n) is 14.9. The summed E-state index contributed by atoms with van der Waals surface area (Å²) in [5.41, 5.74) is 3.87. The predicted octanol–water partition coefficient (Wildman–Crippen LogP) is 4.72. The van der Waals surface area contributed by atoms with Gasteiger partial charge in [-0.1, -0.05) is 35.3 Å². The summed E-state index contributed by atoms with van der Waals surface area (Å²) >= 11 is 11.9. The molecule has 8 heteroatoms. The van der Waals surface area contributed by atoms with Crippen molar-refractivity contribution >= 4 is 46.9 Å². The fourth-order valence-electron chi connectivity index (χ4n) is 2.44. The number of para-hydroxylation sites is 1. The zero-order chi connectivity index (χ0) is 20.8. The van der Waals surface area contributed by atoms with E-state index in [2.05, 4.69) is 15.8 Å². The molecule has 0 spiro atoms. The van der Waals surface area contributed by atoms with E-state index < -0.39 is 11.8 Å². The van der Waals surface area contributed by atoms with E-state index in [0.717, 1.165) is 0 Å². The van der Waals surface area contributed by atoms with Crippen LogP contribution < -0.4 is 10.7 Å². The molecule has 0 saturated carbocycles. The third-order valence-electron chi connectivity index (χ3n) is 3.87. The van der Waals surface area contributed by atoms with Crippen LogP contribution >= 0.6 is 23.2 Å². The van der Waals surface area contributed by atoms with Gasteiger partial charge in [-0.2, -0.15) is 5.10 Å². The molecule has 2 amide bonds. The number of hydrogen-bond donors (Lipinski definition) is 3. The summed E-state index contributed by atoms with van der Waals surface area (Å²) in [6, 6.07) is 17.4. The highest BCUT2D eigenvalue weighted by atomic mass is 35.5. The number of halogens is 2. The Morgan fingerprint density at radius 1 is 0.897 bits per heavy atom. The zero-order valence-corrected chi connectivity index (χ0v) is 16.4. The molecule has 6 nitrogen and oxygen atoms in total. The average molecular weight is 428 g/mol. The van der Waals surface area contributed by atoms with Gasteiger partial charge in [-0.15, -0.1) is 0 Å². The van der Waals surface area contributed by atoms with Gasteiger partial charge in [0.1, 0.15) is 5.75 Å². The molecule has 0 heterocycles. The van der Waals surface area contributed by atoms with Crippen LogP contribution in [0.25, 0.3) is 0 Å². The van der Waals surface area contributed by atoms with Gasteiger partial charge >= 0.3 is 0 Å². The summed E-state index contributed by atoms with van der Waals surface area (Å²) in [6.45, 7) is 0. The molecule has 3 aromatic rings. The number of nitrogens with zero attached hydrogens (tertiary/aromatic N) is 1. The first-order chi connectivity index (χ1) is 13.9. The van der Waals surface area contributed by atoms with E-state index in [1.54, 1.807) is 42.5 Å². The minimum atomic E-state index is -0.502. The lowest BCUT2D eigenvalue weighted by molar-refractivity contribution is 0.0956. The Morgan fingerprint density at radius 2 is 1.62 bits per heavy atom. The molecule has 0 atom stereocenters. The Balaban J connectivity index is 1.73. The molecule has 0 saturated heterocycles. The Labute approximate surface area is 176 Å². The molecule has 0 aliphatic carbocycles. The van der Waals surface area contributed by atoms with Crippen molar-refractivity contribution in [2.24, 2.45) is 5.10 Å². The molecule has 0 aliphatic rings. The number of amides is 2. The van der Waals surface area contributed by atoms with Crippen molar-refractivity contribution in [3.8, 4) is 5.75 Å². The molecule has 0 aromatic heterocycles. The minimum Gasteiger partial charge on any atom is -0.508 e. The maximum atomic E-state index is 12.5. The summed E-state index contributed by atoms with van der Waals surface area (Å²) in [6.07, 6.45) is 1.44. The van der Waals surface area contributed by atoms with Crippen molar-refractivity contribution in [1.29, 1.82) is 0 Å². The van der Waals surface area contributed by atoms with Gasteiger partial charge in [0.25, 0.3) is 11.8 Å². The highest BCUT2D eigenvalue weighted by Crippen LogP contribution is 2.23. The average Bonchev–Trinajstić information content (AvgIpc) is 2.69. The van der Waals surface area contributed by atoms with Crippen molar-refractivity contribution in [3.05, 3.63) is 93.5 Å². The molecule has 0 fully saturated rings. The maximum absolute atomic E-state index is 12.5. The second-order valence-electron chi connectivity index (χ2n) is 5.91. The van der Waals surface area contributed by atoms with Crippen molar-refractivity contribution < 1.29 is 14.7 Å². The second kappa shape index (κ2) is 9.23. The van der Waals surface area contributed by atoms with E-state index in [1.165, 1.54) is 30.5 Å². The number of phenols is 1. The first-order valence-electron chi connectivity index (χ1n) is 8.42. The lowest BCUT2D eigenvalue weighted by Gasteiger charge is -2.11. The molecule has 29 heavy (non-hydrogen) atoms. The first-order valence-corrected chi connectivity index (χ1v) is 9.17. The van der Waals surface area contributed by atoms with Crippen molar-refractivity contribution in [2.45, 2.75) is 0 Å². The van der Waals surface area contributed by atoms with Gasteiger partial charge in [0, 0.05) is 5.02 Å². The van der Waals surface area contributed by atoms with Crippen LogP contribution in [0.15, 0.2) is 71.8 Å². The van der Waals surface area contributed by atoms with Gasteiger partial charge in [-0.05, 0) is 60.2 Å². The van der Waals surface area contributed by atoms with Crippen LogP contribution in [-0.4, -0.2) is 23.1 Å². The van der Waals surface area contributed by atoms with Crippen molar-refractivity contribution in [3.63, 3.8) is 0 Å². The number of aromatic hydroxyl groups is 1. The number of rotatable bonds is 5. The number of benzene rings is 3. The molecule has 3 rings (SSSR count). The van der Waals surface area contributed by atoms with Crippen LogP contribution in [0.3, 0.4) is 0 Å². The molecule has 0 radical (unpaired) electrons. The van der Waals surface area contributed by atoms with E-state index in [-0.39, 0.29) is 21.9 Å². The first kappa shape index (κ1) is 20.4. The molecule has 3 aromatic carbocycles. The number of phenolic OH excluding ortho intramolecular Hbond substituents is 1. The summed E-state index contributed by atoms with van der Waals surface area (Å²) in [4.78, 5) is 25.0. The standard InChI is InChI=1S/C21H15Cl2N3O3/c22-14-7-10-16(18(23)11-14)20(28)25-19-4-2-1-3-17(19)21(29)26-24-12-13-5-8-15(27)9-6-13/h1-12,27H,(H,25,28)(H,26,29)/b24-12-. The number of hydrazone groups is 1.